The van der Waals surface area contributed by atoms with Gasteiger partial charge in [-0.3, -0.25) is 9.59 Å². The van der Waals surface area contributed by atoms with Crippen molar-refractivity contribution in [3.05, 3.63) is 59.9 Å². The van der Waals surface area contributed by atoms with Gasteiger partial charge in [0.15, 0.2) is 0 Å². The summed E-state index contributed by atoms with van der Waals surface area (Å²) in [7, 11) is 0. The second-order valence-electron chi connectivity index (χ2n) is 4.57. The molecule has 1 aromatic heterocycles. The zero-order valence-electron chi connectivity index (χ0n) is 11.0. The van der Waals surface area contributed by atoms with Gasteiger partial charge in [-0.25, -0.2) is 0 Å². The monoisotopic (exact) mass is 272 g/mol. The molecule has 1 amide bonds. The smallest absolute Gasteiger partial charge is 0.308 e. The van der Waals surface area contributed by atoms with Crippen LogP contribution >= 0.6 is 0 Å². The molecule has 2 aromatic rings. The van der Waals surface area contributed by atoms with E-state index in [0.717, 1.165) is 5.56 Å². The number of carboxylic acid groups (broad SMARTS) is 1. The van der Waals surface area contributed by atoms with E-state index in [4.69, 9.17) is 0 Å². The summed E-state index contributed by atoms with van der Waals surface area (Å²) in [5, 5.41) is 12.0. The molecule has 5 heteroatoms. The summed E-state index contributed by atoms with van der Waals surface area (Å²) in [5.74, 6) is -2.00. The summed E-state index contributed by atoms with van der Waals surface area (Å²) in [6.07, 6.45) is 1.65. The number of amides is 1. The van der Waals surface area contributed by atoms with Crippen molar-refractivity contribution >= 4 is 11.9 Å². The van der Waals surface area contributed by atoms with Crippen LogP contribution in [0.4, 0.5) is 0 Å². The minimum atomic E-state index is -0.953. The van der Waals surface area contributed by atoms with Gasteiger partial charge in [0.05, 0.1) is 12.0 Å². The van der Waals surface area contributed by atoms with E-state index in [2.05, 4.69) is 10.3 Å². The molecule has 0 aliphatic rings. The first-order chi connectivity index (χ1) is 9.59. The molecule has 0 bridgehead atoms. The van der Waals surface area contributed by atoms with Crippen molar-refractivity contribution < 1.29 is 14.7 Å². The van der Waals surface area contributed by atoms with E-state index in [1.165, 1.54) is 0 Å². The first-order valence-electron chi connectivity index (χ1n) is 6.31. The van der Waals surface area contributed by atoms with Crippen LogP contribution in [0, 0.1) is 5.92 Å². The largest absolute Gasteiger partial charge is 0.481 e. The van der Waals surface area contributed by atoms with Crippen molar-refractivity contribution in [3.63, 3.8) is 0 Å². The van der Waals surface area contributed by atoms with Gasteiger partial charge in [0.25, 0.3) is 5.91 Å². The first-order valence-corrected chi connectivity index (χ1v) is 6.31. The Morgan fingerprint density at radius 2 is 1.85 bits per heavy atom. The first kappa shape index (κ1) is 13.9. The SMILES string of the molecule is C[C@@H](C(=O)O)[C@H](NC(=O)c1ccc[nH]1)c1ccccc1. The number of rotatable bonds is 5. The summed E-state index contributed by atoms with van der Waals surface area (Å²) in [4.78, 5) is 26.1. The number of carboxylic acids is 1. The number of aromatic amines is 1. The zero-order valence-corrected chi connectivity index (χ0v) is 11.0. The van der Waals surface area contributed by atoms with Gasteiger partial charge < -0.3 is 15.4 Å². The molecule has 0 unspecified atom stereocenters. The van der Waals surface area contributed by atoms with Crippen molar-refractivity contribution in [1.82, 2.24) is 10.3 Å². The van der Waals surface area contributed by atoms with Crippen molar-refractivity contribution in [2.75, 3.05) is 0 Å². The maximum atomic E-state index is 12.1. The molecule has 104 valence electrons. The van der Waals surface area contributed by atoms with Crippen molar-refractivity contribution in [2.45, 2.75) is 13.0 Å². The Hall–Kier alpha value is -2.56. The third kappa shape index (κ3) is 3.06. The van der Waals surface area contributed by atoms with Gasteiger partial charge in [-0.05, 0) is 24.6 Å². The molecular formula is C15H16N2O3. The van der Waals surface area contributed by atoms with Gasteiger partial charge in [-0.2, -0.15) is 0 Å². The quantitative estimate of drug-likeness (QED) is 0.780. The number of hydrogen-bond donors (Lipinski definition) is 3. The molecular weight excluding hydrogens is 256 g/mol. The number of carbonyl (C=O) groups is 2. The highest BCUT2D eigenvalue weighted by Crippen LogP contribution is 2.22. The Morgan fingerprint density at radius 1 is 1.15 bits per heavy atom. The molecule has 0 radical (unpaired) electrons. The predicted octanol–water partition coefficient (Wildman–Crippen LogP) is 2.21. The van der Waals surface area contributed by atoms with Crippen molar-refractivity contribution in [1.29, 1.82) is 0 Å². The summed E-state index contributed by atoms with van der Waals surface area (Å²) >= 11 is 0. The molecule has 0 aliphatic heterocycles. The van der Waals surface area contributed by atoms with E-state index < -0.39 is 17.9 Å². The fraction of sp³-hybridized carbons (Fsp3) is 0.200. The van der Waals surface area contributed by atoms with E-state index in [1.54, 1.807) is 37.4 Å². The number of H-pyrrole nitrogens is 1. The molecule has 0 spiro atoms. The Morgan fingerprint density at radius 3 is 2.40 bits per heavy atom. The fourth-order valence-electron chi connectivity index (χ4n) is 1.99. The average molecular weight is 272 g/mol. The average Bonchev–Trinajstić information content (AvgIpc) is 2.99. The zero-order chi connectivity index (χ0) is 14.5. The summed E-state index contributed by atoms with van der Waals surface area (Å²) in [5.41, 5.74) is 1.17. The third-order valence-electron chi connectivity index (χ3n) is 3.18. The standard InChI is InChI=1S/C15H16N2O3/c1-10(15(19)20)13(11-6-3-2-4-7-11)17-14(18)12-8-5-9-16-12/h2-10,13,16H,1H3,(H,17,18)(H,19,20)/t10-,13+/m1/s1. The molecule has 1 heterocycles. The second-order valence-corrected chi connectivity index (χ2v) is 4.57. The molecule has 1 aromatic carbocycles. The number of aromatic nitrogens is 1. The number of nitrogens with one attached hydrogen (secondary N) is 2. The van der Waals surface area contributed by atoms with Crippen LogP contribution in [0.5, 0.6) is 0 Å². The maximum Gasteiger partial charge on any atom is 0.308 e. The van der Waals surface area contributed by atoms with Gasteiger partial charge >= 0.3 is 5.97 Å². The highest BCUT2D eigenvalue weighted by molar-refractivity contribution is 5.93. The lowest BCUT2D eigenvalue weighted by Crippen LogP contribution is -2.35. The Balaban J connectivity index is 2.24. The summed E-state index contributed by atoms with van der Waals surface area (Å²) in [6.45, 7) is 1.58. The van der Waals surface area contributed by atoms with Crippen molar-refractivity contribution in [3.8, 4) is 0 Å². The van der Waals surface area contributed by atoms with E-state index in [-0.39, 0.29) is 5.91 Å². The number of aliphatic carboxylic acids is 1. The van der Waals surface area contributed by atoms with E-state index in [9.17, 15) is 14.7 Å². The van der Waals surface area contributed by atoms with Gasteiger partial charge in [-0.15, -0.1) is 0 Å². The molecule has 0 saturated heterocycles. The predicted molar refractivity (Wildman–Crippen MR) is 74.2 cm³/mol. The lowest BCUT2D eigenvalue weighted by Gasteiger charge is -2.22. The lowest BCUT2D eigenvalue weighted by molar-refractivity contribution is -0.142. The van der Waals surface area contributed by atoms with Crippen LogP contribution in [-0.2, 0) is 4.79 Å². The molecule has 5 nitrogen and oxygen atoms in total. The molecule has 0 aliphatic carbocycles. The summed E-state index contributed by atoms with van der Waals surface area (Å²) in [6, 6.07) is 11.9. The van der Waals surface area contributed by atoms with Crippen LogP contribution < -0.4 is 5.32 Å². The van der Waals surface area contributed by atoms with E-state index >= 15 is 0 Å². The highest BCUT2D eigenvalue weighted by atomic mass is 16.4. The minimum Gasteiger partial charge on any atom is -0.481 e. The molecule has 20 heavy (non-hydrogen) atoms. The van der Waals surface area contributed by atoms with Gasteiger partial charge in [-0.1, -0.05) is 30.3 Å². The Kier molecular flexibility index (Phi) is 4.20. The lowest BCUT2D eigenvalue weighted by atomic mass is 9.94. The van der Waals surface area contributed by atoms with Crippen LogP contribution in [0.1, 0.15) is 29.0 Å². The number of carbonyl (C=O) groups excluding carboxylic acids is 1. The van der Waals surface area contributed by atoms with Crippen LogP contribution in [0.2, 0.25) is 0 Å². The van der Waals surface area contributed by atoms with Gasteiger partial charge in [0, 0.05) is 6.20 Å². The molecule has 2 atom stereocenters. The van der Waals surface area contributed by atoms with Gasteiger partial charge in [0.1, 0.15) is 5.69 Å². The number of hydrogen-bond acceptors (Lipinski definition) is 2. The topological polar surface area (TPSA) is 82.2 Å². The van der Waals surface area contributed by atoms with Crippen LogP contribution in [0.15, 0.2) is 48.7 Å². The summed E-state index contributed by atoms with van der Waals surface area (Å²) < 4.78 is 0. The van der Waals surface area contributed by atoms with E-state index in [1.807, 2.05) is 18.2 Å². The second kappa shape index (κ2) is 6.06. The van der Waals surface area contributed by atoms with Crippen LogP contribution in [0.3, 0.4) is 0 Å². The van der Waals surface area contributed by atoms with Crippen molar-refractivity contribution in [2.24, 2.45) is 5.92 Å². The maximum absolute atomic E-state index is 12.1. The Labute approximate surface area is 116 Å². The highest BCUT2D eigenvalue weighted by Gasteiger charge is 2.27. The number of benzene rings is 1. The Bertz CT molecular complexity index is 578. The molecule has 2 rings (SSSR count). The third-order valence-corrected chi connectivity index (χ3v) is 3.18. The minimum absolute atomic E-state index is 0.322. The van der Waals surface area contributed by atoms with Gasteiger partial charge in [0.2, 0.25) is 0 Å². The molecule has 3 N–H and O–H groups in total. The van der Waals surface area contributed by atoms with E-state index in [0.29, 0.717) is 5.69 Å². The van der Waals surface area contributed by atoms with Crippen LogP contribution in [-0.4, -0.2) is 22.0 Å². The fourth-order valence-corrected chi connectivity index (χ4v) is 1.99. The molecule has 0 fully saturated rings. The normalized spacial score (nSPS) is 13.4. The molecule has 0 saturated carbocycles. The van der Waals surface area contributed by atoms with Crippen LogP contribution in [0.25, 0.3) is 0 Å².